The normalized spacial score (nSPS) is 20.5. The topological polar surface area (TPSA) is 29.3 Å². The van der Waals surface area contributed by atoms with Gasteiger partial charge in [0.1, 0.15) is 5.82 Å². The van der Waals surface area contributed by atoms with E-state index < -0.39 is 0 Å². The van der Waals surface area contributed by atoms with E-state index in [0.29, 0.717) is 16.9 Å². The predicted octanol–water partition coefficient (Wildman–Crippen LogP) is 3.16. The van der Waals surface area contributed by atoms with Crippen LogP contribution in [0.2, 0.25) is 0 Å². The van der Waals surface area contributed by atoms with E-state index in [0.717, 1.165) is 18.8 Å². The van der Waals surface area contributed by atoms with Crippen LogP contribution in [0.5, 0.6) is 0 Å². The van der Waals surface area contributed by atoms with E-state index in [4.69, 9.17) is 5.73 Å². The lowest BCUT2D eigenvalue weighted by molar-refractivity contribution is 0.263. The highest BCUT2D eigenvalue weighted by Gasteiger charge is 2.32. The number of anilines is 1. The van der Waals surface area contributed by atoms with Gasteiger partial charge in [0.15, 0.2) is 0 Å². The Bertz CT molecular complexity index is 423. The molecule has 0 amide bonds. The molecule has 3 heteroatoms. The Kier molecular flexibility index (Phi) is 3.62. The van der Waals surface area contributed by atoms with Crippen LogP contribution in [0.3, 0.4) is 0 Å². The van der Waals surface area contributed by atoms with Crippen molar-refractivity contribution in [2.75, 3.05) is 18.0 Å². The predicted molar refractivity (Wildman–Crippen MR) is 74.1 cm³/mol. The maximum Gasteiger partial charge on any atom is 0.129 e. The van der Waals surface area contributed by atoms with Crippen molar-refractivity contribution < 1.29 is 4.39 Å². The summed E-state index contributed by atoms with van der Waals surface area (Å²) < 4.78 is 13.7. The molecule has 0 radical (unpaired) electrons. The molecular formula is C15H23FN2. The van der Waals surface area contributed by atoms with Gasteiger partial charge in [-0.2, -0.15) is 0 Å². The van der Waals surface area contributed by atoms with E-state index in [1.807, 2.05) is 6.07 Å². The number of hydrogen-bond donors (Lipinski definition) is 1. The molecule has 1 saturated heterocycles. The zero-order valence-corrected chi connectivity index (χ0v) is 11.5. The maximum atomic E-state index is 13.7. The van der Waals surface area contributed by atoms with Crippen molar-refractivity contribution in [3.8, 4) is 0 Å². The van der Waals surface area contributed by atoms with Gasteiger partial charge in [-0.3, -0.25) is 0 Å². The van der Waals surface area contributed by atoms with Crippen molar-refractivity contribution in [3.63, 3.8) is 0 Å². The van der Waals surface area contributed by atoms with Gasteiger partial charge in [-0.25, -0.2) is 4.39 Å². The van der Waals surface area contributed by atoms with E-state index in [1.165, 1.54) is 12.5 Å². The minimum Gasteiger partial charge on any atom is -0.371 e. The van der Waals surface area contributed by atoms with Crippen LogP contribution in [0.1, 0.15) is 32.8 Å². The van der Waals surface area contributed by atoms with Crippen LogP contribution in [0.15, 0.2) is 18.2 Å². The van der Waals surface area contributed by atoms with E-state index in [9.17, 15) is 4.39 Å². The summed E-state index contributed by atoms with van der Waals surface area (Å²) >= 11 is 0. The highest BCUT2D eigenvalue weighted by Crippen LogP contribution is 2.36. The number of halogens is 1. The monoisotopic (exact) mass is 250 g/mol. The molecule has 100 valence electrons. The lowest BCUT2D eigenvalue weighted by Crippen LogP contribution is -2.27. The average Bonchev–Trinajstić information content (AvgIpc) is 2.77. The van der Waals surface area contributed by atoms with E-state index in [-0.39, 0.29) is 12.4 Å². The molecule has 1 aliphatic heterocycles. The van der Waals surface area contributed by atoms with Crippen LogP contribution >= 0.6 is 0 Å². The Morgan fingerprint density at radius 3 is 2.67 bits per heavy atom. The van der Waals surface area contributed by atoms with Crippen molar-refractivity contribution in [1.29, 1.82) is 0 Å². The third-order valence-corrected chi connectivity index (χ3v) is 4.05. The lowest BCUT2D eigenvalue weighted by Gasteiger charge is -2.28. The molecule has 18 heavy (non-hydrogen) atoms. The first kappa shape index (κ1) is 13.3. The van der Waals surface area contributed by atoms with Gasteiger partial charge in [0.05, 0.1) is 0 Å². The molecule has 0 bridgehead atoms. The SMILES string of the molecule is CC(C)(C)C1CCN(c2cccc(F)c2CN)C1. The third kappa shape index (κ3) is 2.51. The minimum atomic E-state index is -0.186. The Morgan fingerprint density at radius 1 is 1.39 bits per heavy atom. The van der Waals surface area contributed by atoms with Crippen molar-refractivity contribution in [1.82, 2.24) is 0 Å². The zero-order valence-electron chi connectivity index (χ0n) is 11.5. The van der Waals surface area contributed by atoms with Crippen LogP contribution in [-0.2, 0) is 6.54 Å². The van der Waals surface area contributed by atoms with E-state index in [1.54, 1.807) is 6.07 Å². The van der Waals surface area contributed by atoms with Gasteiger partial charge in [0.2, 0.25) is 0 Å². The Balaban J connectivity index is 2.22. The highest BCUT2D eigenvalue weighted by atomic mass is 19.1. The van der Waals surface area contributed by atoms with Crippen molar-refractivity contribution in [3.05, 3.63) is 29.6 Å². The minimum absolute atomic E-state index is 0.186. The Morgan fingerprint density at radius 2 is 2.11 bits per heavy atom. The molecule has 1 aromatic rings. The second-order valence-electron chi connectivity index (χ2n) is 6.24. The summed E-state index contributed by atoms with van der Waals surface area (Å²) in [7, 11) is 0. The van der Waals surface area contributed by atoms with Crippen LogP contribution in [-0.4, -0.2) is 13.1 Å². The van der Waals surface area contributed by atoms with Gasteiger partial charge in [-0.1, -0.05) is 26.8 Å². The second-order valence-corrected chi connectivity index (χ2v) is 6.24. The molecule has 1 fully saturated rings. The molecule has 0 aliphatic carbocycles. The summed E-state index contributed by atoms with van der Waals surface area (Å²) in [6.45, 7) is 9.08. The van der Waals surface area contributed by atoms with E-state index in [2.05, 4.69) is 25.7 Å². The standard InChI is InChI=1S/C15H23FN2/c1-15(2,3)11-7-8-18(10-11)14-6-4-5-13(16)12(14)9-17/h4-6,11H,7-10,17H2,1-3H3. The van der Waals surface area contributed by atoms with Crippen molar-refractivity contribution >= 4 is 5.69 Å². The lowest BCUT2D eigenvalue weighted by atomic mass is 9.80. The van der Waals surface area contributed by atoms with Crippen molar-refractivity contribution in [2.45, 2.75) is 33.7 Å². The van der Waals surface area contributed by atoms with Crippen LogP contribution in [0.25, 0.3) is 0 Å². The molecule has 2 rings (SSSR count). The smallest absolute Gasteiger partial charge is 0.129 e. The molecule has 0 spiro atoms. The molecule has 0 aromatic heterocycles. The summed E-state index contributed by atoms with van der Waals surface area (Å²) in [5.74, 6) is 0.473. The van der Waals surface area contributed by atoms with Gasteiger partial charge in [0.25, 0.3) is 0 Å². The molecule has 1 unspecified atom stereocenters. The van der Waals surface area contributed by atoms with Gasteiger partial charge in [0, 0.05) is 30.9 Å². The summed E-state index contributed by atoms with van der Waals surface area (Å²) in [6.07, 6.45) is 1.17. The summed E-state index contributed by atoms with van der Waals surface area (Å²) in [6, 6.07) is 5.24. The molecule has 0 saturated carbocycles. The fourth-order valence-electron chi connectivity index (χ4n) is 2.73. The number of nitrogens with two attached hydrogens (primary N) is 1. The number of benzene rings is 1. The molecule has 1 aliphatic rings. The maximum absolute atomic E-state index is 13.7. The first-order valence-corrected chi connectivity index (χ1v) is 6.66. The largest absolute Gasteiger partial charge is 0.371 e. The number of rotatable bonds is 2. The van der Waals surface area contributed by atoms with Crippen LogP contribution in [0, 0.1) is 17.2 Å². The van der Waals surface area contributed by atoms with E-state index >= 15 is 0 Å². The summed E-state index contributed by atoms with van der Waals surface area (Å²) in [4.78, 5) is 2.28. The molecular weight excluding hydrogens is 227 g/mol. The third-order valence-electron chi connectivity index (χ3n) is 4.05. The average molecular weight is 250 g/mol. The zero-order chi connectivity index (χ0) is 13.3. The van der Waals surface area contributed by atoms with Crippen molar-refractivity contribution in [2.24, 2.45) is 17.1 Å². The fourth-order valence-corrected chi connectivity index (χ4v) is 2.73. The van der Waals surface area contributed by atoms with Gasteiger partial charge in [-0.05, 0) is 29.9 Å². The quantitative estimate of drug-likeness (QED) is 0.873. The van der Waals surface area contributed by atoms with Gasteiger partial charge >= 0.3 is 0 Å². The number of hydrogen-bond acceptors (Lipinski definition) is 2. The molecule has 1 aromatic carbocycles. The Labute approximate surface area is 109 Å². The summed E-state index contributed by atoms with van der Waals surface area (Å²) in [5.41, 5.74) is 7.60. The van der Waals surface area contributed by atoms with Gasteiger partial charge < -0.3 is 10.6 Å². The molecule has 1 heterocycles. The highest BCUT2D eigenvalue weighted by molar-refractivity contribution is 5.55. The number of nitrogens with zero attached hydrogens (tertiary/aromatic N) is 1. The van der Waals surface area contributed by atoms with Gasteiger partial charge in [-0.15, -0.1) is 0 Å². The molecule has 1 atom stereocenters. The molecule has 2 nitrogen and oxygen atoms in total. The second kappa shape index (κ2) is 4.88. The first-order valence-electron chi connectivity index (χ1n) is 6.66. The first-order chi connectivity index (χ1) is 8.43. The molecule has 2 N–H and O–H groups in total. The van der Waals surface area contributed by atoms with Crippen LogP contribution in [0.4, 0.5) is 10.1 Å². The summed E-state index contributed by atoms with van der Waals surface area (Å²) in [5, 5.41) is 0. The van der Waals surface area contributed by atoms with Crippen LogP contribution < -0.4 is 10.6 Å². The Hall–Kier alpha value is -1.09. The fraction of sp³-hybridized carbons (Fsp3) is 0.600.